The molecular weight excluding hydrogens is 176 g/mol. The Morgan fingerprint density at radius 3 is 2.71 bits per heavy atom. The molecule has 1 aromatic heterocycles. The highest BCUT2D eigenvalue weighted by molar-refractivity contribution is 5.26. The van der Waals surface area contributed by atoms with E-state index in [1.54, 1.807) is 6.07 Å². The van der Waals surface area contributed by atoms with Crippen molar-refractivity contribution in [1.82, 2.24) is 10.3 Å². The lowest BCUT2D eigenvalue weighted by atomic mass is 9.99. The van der Waals surface area contributed by atoms with Crippen molar-refractivity contribution in [3.63, 3.8) is 0 Å². The van der Waals surface area contributed by atoms with E-state index in [0.717, 1.165) is 18.4 Å². The number of hydrogen-bond acceptors (Lipinski definition) is 2. The molecule has 1 rings (SSSR count). The molecule has 0 radical (unpaired) electrons. The van der Waals surface area contributed by atoms with Crippen molar-refractivity contribution >= 4 is 0 Å². The van der Waals surface area contributed by atoms with Gasteiger partial charge in [-0.2, -0.15) is 0 Å². The van der Waals surface area contributed by atoms with Crippen molar-refractivity contribution in [1.29, 1.82) is 0 Å². The van der Waals surface area contributed by atoms with E-state index in [9.17, 15) is 4.79 Å². The van der Waals surface area contributed by atoms with E-state index < -0.39 is 0 Å². The molecule has 78 valence electrons. The highest BCUT2D eigenvalue weighted by Gasteiger charge is 2.10. The van der Waals surface area contributed by atoms with Gasteiger partial charge in [0.2, 0.25) is 5.56 Å². The van der Waals surface area contributed by atoms with Crippen molar-refractivity contribution in [3.8, 4) is 0 Å². The van der Waals surface area contributed by atoms with E-state index in [1.807, 2.05) is 13.2 Å². The van der Waals surface area contributed by atoms with Crippen molar-refractivity contribution < 1.29 is 0 Å². The number of H-pyrrole nitrogens is 1. The van der Waals surface area contributed by atoms with Crippen LogP contribution in [0.15, 0.2) is 17.1 Å². The Labute approximate surface area is 84.6 Å². The summed E-state index contributed by atoms with van der Waals surface area (Å²) in [5.41, 5.74) is 2.32. The van der Waals surface area contributed by atoms with E-state index in [1.165, 1.54) is 5.56 Å². The van der Waals surface area contributed by atoms with Gasteiger partial charge < -0.3 is 10.3 Å². The lowest BCUT2D eigenvalue weighted by molar-refractivity contribution is 0.569. The topological polar surface area (TPSA) is 44.9 Å². The first-order valence-corrected chi connectivity index (χ1v) is 5.11. The van der Waals surface area contributed by atoms with E-state index in [-0.39, 0.29) is 5.56 Å². The Morgan fingerprint density at radius 1 is 1.50 bits per heavy atom. The molecule has 1 aromatic rings. The second-order valence-electron chi connectivity index (χ2n) is 3.38. The average molecular weight is 194 g/mol. The van der Waals surface area contributed by atoms with Crippen LogP contribution in [0.5, 0.6) is 0 Å². The molecular formula is C11H18N2O. The molecule has 1 atom stereocenters. The van der Waals surface area contributed by atoms with Gasteiger partial charge in [-0.3, -0.25) is 4.79 Å². The third-order valence-corrected chi connectivity index (χ3v) is 2.56. The van der Waals surface area contributed by atoms with Crippen LogP contribution >= 0.6 is 0 Å². The molecule has 0 aromatic carbocycles. The minimum atomic E-state index is -0.0171. The van der Waals surface area contributed by atoms with Gasteiger partial charge in [0.1, 0.15) is 0 Å². The zero-order chi connectivity index (χ0) is 10.6. The summed E-state index contributed by atoms with van der Waals surface area (Å²) in [6.07, 6.45) is 3.75. The molecule has 14 heavy (non-hydrogen) atoms. The standard InChI is InChI=1S/C11H18N2O/c1-4-8-6-11(14)13-7-9(8)10(5-2)12-3/h6-7,10,12H,4-5H2,1-3H3,(H,13,14). The molecule has 3 nitrogen and oxygen atoms in total. The summed E-state index contributed by atoms with van der Waals surface area (Å²) >= 11 is 0. The zero-order valence-electron chi connectivity index (χ0n) is 9.05. The number of aromatic nitrogens is 1. The van der Waals surface area contributed by atoms with E-state index in [4.69, 9.17) is 0 Å². The smallest absolute Gasteiger partial charge is 0.248 e. The van der Waals surface area contributed by atoms with E-state index in [0.29, 0.717) is 6.04 Å². The molecule has 0 saturated carbocycles. The zero-order valence-corrected chi connectivity index (χ0v) is 9.05. The fourth-order valence-corrected chi connectivity index (χ4v) is 1.73. The number of pyridine rings is 1. The first-order valence-electron chi connectivity index (χ1n) is 5.11. The van der Waals surface area contributed by atoms with Gasteiger partial charge in [0.15, 0.2) is 0 Å². The molecule has 0 bridgehead atoms. The molecule has 0 spiro atoms. The second kappa shape index (κ2) is 4.96. The van der Waals surface area contributed by atoms with Crippen LogP contribution in [0.2, 0.25) is 0 Å². The van der Waals surface area contributed by atoms with Gasteiger partial charge in [-0.15, -0.1) is 0 Å². The van der Waals surface area contributed by atoms with Crippen LogP contribution in [0, 0.1) is 0 Å². The highest BCUT2D eigenvalue weighted by atomic mass is 16.1. The van der Waals surface area contributed by atoms with E-state index in [2.05, 4.69) is 24.1 Å². The maximum atomic E-state index is 11.1. The maximum absolute atomic E-state index is 11.1. The van der Waals surface area contributed by atoms with Crippen LogP contribution in [-0.4, -0.2) is 12.0 Å². The van der Waals surface area contributed by atoms with Gasteiger partial charge in [0.05, 0.1) is 0 Å². The van der Waals surface area contributed by atoms with Crippen LogP contribution in [-0.2, 0) is 6.42 Å². The summed E-state index contributed by atoms with van der Waals surface area (Å²) < 4.78 is 0. The molecule has 1 unspecified atom stereocenters. The van der Waals surface area contributed by atoms with Crippen molar-refractivity contribution in [2.45, 2.75) is 32.7 Å². The average Bonchev–Trinajstić information content (AvgIpc) is 2.21. The summed E-state index contributed by atoms with van der Waals surface area (Å²) in [5.74, 6) is 0. The van der Waals surface area contributed by atoms with Crippen LogP contribution < -0.4 is 10.9 Å². The predicted molar refractivity (Wildman–Crippen MR) is 58.5 cm³/mol. The lowest BCUT2D eigenvalue weighted by Gasteiger charge is -2.17. The molecule has 0 fully saturated rings. The van der Waals surface area contributed by atoms with Gasteiger partial charge in [-0.1, -0.05) is 13.8 Å². The third kappa shape index (κ3) is 2.23. The first-order chi connectivity index (χ1) is 6.72. The van der Waals surface area contributed by atoms with Crippen molar-refractivity contribution in [2.75, 3.05) is 7.05 Å². The SMILES string of the molecule is CCc1cc(=O)[nH]cc1C(CC)NC. The molecule has 2 N–H and O–H groups in total. The molecule has 0 amide bonds. The van der Waals surface area contributed by atoms with Crippen molar-refractivity contribution in [2.24, 2.45) is 0 Å². The van der Waals surface area contributed by atoms with Crippen LogP contribution in [0.1, 0.15) is 37.4 Å². The Bertz CT molecular complexity index is 339. The Morgan fingerprint density at radius 2 is 2.21 bits per heavy atom. The van der Waals surface area contributed by atoms with Crippen LogP contribution in [0.3, 0.4) is 0 Å². The van der Waals surface area contributed by atoms with Crippen LogP contribution in [0.25, 0.3) is 0 Å². The summed E-state index contributed by atoms with van der Waals surface area (Å²) in [4.78, 5) is 13.9. The fraction of sp³-hybridized carbons (Fsp3) is 0.545. The Hall–Kier alpha value is -1.09. The lowest BCUT2D eigenvalue weighted by Crippen LogP contribution is -2.19. The predicted octanol–water partition coefficient (Wildman–Crippen LogP) is 1.61. The van der Waals surface area contributed by atoms with Gasteiger partial charge >= 0.3 is 0 Å². The Kier molecular flexibility index (Phi) is 3.89. The minimum Gasteiger partial charge on any atom is -0.329 e. The Balaban J connectivity index is 3.12. The highest BCUT2D eigenvalue weighted by Crippen LogP contribution is 2.18. The van der Waals surface area contributed by atoms with Gasteiger partial charge in [-0.25, -0.2) is 0 Å². The number of aryl methyl sites for hydroxylation is 1. The van der Waals surface area contributed by atoms with Gasteiger partial charge in [0.25, 0.3) is 0 Å². The number of rotatable bonds is 4. The molecule has 0 saturated heterocycles. The quantitative estimate of drug-likeness (QED) is 0.764. The first kappa shape index (κ1) is 11.0. The fourth-order valence-electron chi connectivity index (χ4n) is 1.73. The van der Waals surface area contributed by atoms with E-state index >= 15 is 0 Å². The van der Waals surface area contributed by atoms with Crippen molar-refractivity contribution in [3.05, 3.63) is 33.7 Å². The summed E-state index contributed by atoms with van der Waals surface area (Å²) in [6, 6.07) is 2.02. The van der Waals surface area contributed by atoms with Gasteiger partial charge in [-0.05, 0) is 31.0 Å². The third-order valence-electron chi connectivity index (χ3n) is 2.56. The number of aromatic amines is 1. The van der Waals surface area contributed by atoms with Gasteiger partial charge in [0, 0.05) is 18.3 Å². The molecule has 0 aliphatic heterocycles. The number of hydrogen-bond donors (Lipinski definition) is 2. The number of nitrogens with one attached hydrogen (secondary N) is 2. The normalized spacial score (nSPS) is 12.8. The molecule has 0 aliphatic rings. The summed E-state index contributed by atoms with van der Waals surface area (Å²) in [7, 11) is 1.94. The molecule has 0 aliphatic carbocycles. The summed E-state index contributed by atoms with van der Waals surface area (Å²) in [6.45, 7) is 4.20. The minimum absolute atomic E-state index is 0.0171. The summed E-state index contributed by atoms with van der Waals surface area (Å²) in [5, 5.41) is 3.24. The second-order valence-corrected chi connectivity index (χ2v) is 3.38. The molecule has 3 heteroatoms. The maximum Gasteiger partial charge on any atom is 0.248 e. The molecule has 1 heterocycles. The largest absolute Gasteiger partial charge is 0.329 e. The monoisotopic (exact) mass is 194 g/mol. The van der Waals surface area contributed by atoms with Crippen LogP contribution in [0.4, 0.5) is 0 Å².